The Kier molecular flexibility index (Phi) is 4.38. The van der Waals surface area contributed by atoms with E-state index in [1.54, 1.807) is 0 Å². The summed E-state index contributed by atoms with van der Waals surface area (Å²) in [6.07, 6.45) is 4.18. The molecule has 6 heteroatoms. The van der Waals surface area contributed by atoms with E-state index in [2.05, 4.69) is 15.2 Å². The van der Waals surface area contributed by atoms with Gasteiger partial charge in [-0.25, -0.2) is 9.78 Å². The van der Waals surface area contributed by atoms with Crippen molar-refractivity contribution in [3.8, 4) is 0 Å². The standard InChI is InChI=1S/C18H24N4O2/c23-18-19-9-12-22(18)14-5-3-10-21(13-14)11-4-8-17-20-15-6-1-2-7-16(15)24-17/h1-2,6-7,14H,3-5,8-13H2,(H,19,23)/t14-/m1/s1. The predicted molar refractivity (Wildman–Crippen MR) is 91.9 cm³/mol. The maximum Gasteiger partial charge on any atom is 0.317 e. The van der Waals surface area contributed by atoms with Crippen molar-refractivity contribution >= 4 is 17.1 Å². The summed E-state index contributed by atoms with van der Waals surface area (Å²) >= 11 is 0. The van der Waals surface area contributed by atoms with Gasteiger partial charge in [0, 0.05) is 32.1 Å². The third kappa shape index (κ3) is 3.24. The van der Waals surface area contributed by atoms with E-state index < -0.39 is 0 Å². The van der Waals surface area contributed by atoms with Gasteiger partial charge < -0.3 is 19.5 Å². The number of amides is 2. The molecule has 2 saturated heterocycles. The smallest absolute Gasteiger partial charge is 0.317 e. The lowest BCUT2D eigenvalue weighted by Gasteiger charge is -2.37. The first-order valence-corrected chi connectivity index (χ1v) is 8.91. The van der Waals surface area contributed by atoms with Crippen molar-refractivity contribution in [2.24, 2.45) is 0 Å². The van der Waals surface area contributed by atoms with Gasteiger partial charge in [0.05, 0.1) is 0 Å². The number of aryl methyl sites for hydroxylation is 1. The molecule has 0 aliphatic carbocycles. The topological polar surface area (TPSA) is 61.6 Å². The number of nitrogens with zero attached hydrogens (tertiary/aromatic N) is 3. The van der Waals surface area contributed by atoms with Gasteiger partial charge in [-0.05, 0) is 44.5 Å². The Labute approximate surface area is 141 Å². The molecule has 0 unspecified atom stereocenters. The first kappa shape index (κ1) is 15.4. The van der Waals surface area contributed by atoms with Crippen LogP contribution in [0.4, 0.5) is 4.79 Å². The van der Waals surface area contributed by atoms with Crippen LogP contribution in [-0.2, 0) is 6.42 Å². The zero-order chi connectivity index (χ0) is 16.4. The number of para-hydroxylation sites is 2. The van der Waals surface area contributed by atoms with Gasteiger partial charge in [0.25, 0.3) is 0 Å². The van der Waals surface area contributed by atoms with Crippen molar-refractivity contribution in [2.75, 3.05) is 32.7 Å². The highest BCUT2D eigenvalue weighted by Crippen LogP contribution is 2.19. The van der Waals surface area contributed by atoms with Crippen LogP contribution in [0.5, 0.6) is 0 Å². The summed E-state index contributed by atoms with van der Waals surface area (Å²) in [7, 11) is 0. The summed E-state index contributed by atoms with van der Waals surface area (Å²) in [6, 6.07) is 8.37. The van der Waals surface area contributed by atoms with Crippen LogP contribution in [0.2, 0.25) is 0 Å². The van der Waals surface area contributed by atoms with Crippen LogP contribution in [0.1, 0.15) is 25.2 Å². The van der Waals surface area contributed by atoms with E-state index in [0.717, 1.165) is 75.4 Å². The predicted octanol–water partition coefficient (Wildman–Crippen LogP) is 2.25. The molecule has 0 spiro atoms. The van der Waals surface area contributed by atoms with Crippen molar-refractivity contribution in [3.05, 3.63) is 30.2 Å². The van der Waals surface area contributed by atoms with E-state index in [9.17, 15) is 4.79 Å². The van der Waals surface area contributed by atoms with Gasteiger partial charge in [0.2, 0.25) is 0 Å². The molecule has 0 radical (unpaired) electrons. The summed E-state index contributed by atoms with van der Waals surface area (Å²) in [5.41, 5.74) is 1.80. The molecule has 2 fully saturated rings. The van der Waals surface area contributed by atoms with Crippen LogP contribution in [-0.4, -0.2) is 59.6 Å². The molecule has 2 aromatic rings. The van der Waals surface area contributed by atoms with E-state index in [0.29, 0.717) is 6.04 Å². The first-order chi connectivity index (χ1) is 11.8. The summed E-state index contributed by atoms with van der Waals surface area (Å²) in [5, 5.41) is 2.91. The zero-order valence-electron chi connectivity index (χ0n) is 13.9. The van der Waals surface area contributed by atoms with Crippen LogP contribution < -0.4 is 5.32 Å². The van der Waals surface area contributed by atoms with E-state index in [4.69, 9.17) is 4.42 Å². The Balaban J connectivity index is 1.28. The average molecular weight is 328 g/mol. The number of hydrogen-bond acceptors (Lipinski definition) is 4. The van der Waals surface area contributed by atoms with Crippen LogP contribution in [0.3, 0.4) is 0 Å². The summed E-state index contributed by atoms with van der Waals surface area (Å²) in [4.78, 5) is 20.9. The number of rotatable bonds is 5. The van der Waals surface area contributed by atoms with Gasteiger partial charge in [0.15, 0.2) is 11.5 Å². The van der Waals surface area contributed by atoms with Gasteiger partial charge >= 0.3 is 6.03 Å². The maximum absolute atomic E-state index is 11.8. The Hall–Kier alpha value is -2.08. The minimum Gasteiger partial charge on any atom is -0.441 e. The molecule has 0 saturated carbocycles. The van der Waals surface area contributed by atoms with Gasteiger partial charge in [-0.3, -0.25) is 0 Å². The molecule has 1 aromatic carbocycles. The largest absolute Gasteiger partial charge is 0.441 e. The number of piperidine rings is 1. The van der Waals surface area contributed by atoms with Crippen LogP contribution in [0.15, 0.2) is 28.7 Å². The number of oxazole rings is 1. The van der Waals surface area contributed by atoms with Crippen LogP contribution in [0.25, 0.3) is 11.1 Å². The molecule has 2 aliphatic heterocycles. The SMILES string of the molecule is O=C1NCCN1[C@@H]1CCCN(CCCc2nc3ccccc3o2)C1. The van der Waals surface area contributed by atoms with Crippen molar-refractivity contribution in [2.45, 2.75) is 31.7 Å². The summed E-state index contributed by atoms with van der Waals surface area (Å²) in [6.45, 7) is 4.78. The first-order valence-electron chi connectivity index (χ1n) is 8.91. The number of carbonyl (C=O) groups is 1. The summed E-state index contributed by atoms with van der Waals surface area (Å²) in [5.74, 6) is 0.823. The van der Waals surface area contributed by atoms with Crippen LogP contribution in [0, 0.1) is 0 Å². The van der Waals surface area contributed by atoms with E-state index >= 15 is 0 Å². The van der Waals surface area contributed by atoms with Gasteiger partial charge in [-0.2, -0.15) is 0 Å². The van der Waals surface area contributed by atoms with E-state index in [-0.39, 0.29) is 6.03 Å². The number of benzene rings is 1. The zero-order valence-corrected chi connectivity index (χ0v) is 13.9. The number of aromatic nitrogens is 1. The monoisotopic (exact) mass is 328 g/mol. The average Bonchev–Trinajstić information content (AvgIpc) is 3.20. The number of likely N-dealkylation sites (tertiary alicyclic amines) is 1. The molecule has 2 aliphatic rings. The third-order valence-electron chi connectivity index (χ3n) is 5.01. The molecule has 2 amide bonds. The highest BCUT2D eigenvalue weighted by molar-refractivity contribution is 5.76. The van der Waals surface area contributed by atoms with Crippen molar-refractivity contribution in [1.29, 1.82) is 0 Å². The lowest BCUT2D eigenvalue weighted by molar-refractivity contribution is 0.125. The maximum atomic E-state index is 11.8. The molecule has 4 rings (SSSR count). The van der Waals surface area contributed by atoms with Crippen LogP contribution >= 0.6 is 0 Å². The molecular weight excluding hydrogens is 304 g/mol. The minimum atomic E-state index is 0.105. The third-order valence-corrected chi connectivity index (χ3v) is 5.01. The molecule has 1 atom stereocenters. The van der Waals surface area contributed by atoms with Crippen molar-refractivity contribution in [1.82, 2.24) is 20.1 Å². The Bertz CT molecular complexity index is 681. The second kappa shape index (κ2) is 6.81. The number of fused-ring (bicyclic) bond motifs is 1. The number of urea groups is 1. The van der Waals surface area contributed by atoms with E-state index in [1.807, 2.05) is 29.2 Å². The minimum absolute atomic E-state index is 0.105. The lowest BCUT2D eigenvalue weighted by Crippen LogP contribution is -2.49. The fourth-order valence-corrected chi connectivity index (χ4v) is 3.80. The van der Waals surface area contributed by atoms with Gasteiger partial charge in [0.1, 0.15) is 5.52 Å². The normalized spacial score (nSPS) is 22.2. The number of nitrogens with one attached hydrogen (secondary N) is 1. The molecule has 6 nitrogen and oxygen atoms in total. The molecular formula is C18H24N4O2. The number of carbonyl (C=O) groups excluding carboxylic acids is 1. The fourth-order valence-electron chi connectivity index (χ4n) is 3.80. The number of hydrogen-bond donors (Lipinski definition) is 1. The second-order valence-corrected chi connectivity index (χ2v) is 6.70. The molecule has 1 N–H and O–H groups in total. The molecule has 128 valence electrons. The summed E-state index contributed by atoms with van der Waals surface area (Å²) < 4.78 is 5.78. The van der Waals surface area contributed by atoms with Crippen molar-refractivity contribution < 1.29 is 9.21 Å². The molecule has 1 aromatic heterocycles. The molecule has 24 heavy (non-hydrogen) atoms. The highest BCUT2D eigenvalue weighted by Gasteiger charge is 2.30. The quantitative estimate of drug-likeness (QED) is 0.914. The molecule has 3 heterocycles. The van der Waals surface area contributed by atoms with Crippen molar-refractivity contribution in [3.63, 3.8) is 0 Å². The van der Waals surface area contributed by atoms with Gasteiger partial charge in [-0.15, -0.1) is 0 Å². The Morgan fingerprint density at radius 3 is 3.04 bits per heavy atom. The van der Waals surface area contributed by atoms with E-state index in [1.165, 1.54) is 0 Å². The lowest BCUT2D eigenvalue weighted by atomic mass is 10.0. The molecule has 0 bridgehead atoms. The van der Waals surface area contributed by atoms with Gasteiger partial charge in [-0.1, -0.05) is 12.1 Å². The second-order valence-electron chi connectivity index (χ2n) is 6.70. The fraction of sp³-hybridized carbons (Fsp3) is 0.556. The Morgan fingerprint density at radius 2 is 2.21 bits per heavy atom. The Morgan fingerprint density at radius 1 is 1.29 bits per heavy atom. The highest BCUT2D eigenvalue weighted by atomic mass is 16.3.